The van der Waals surface area contributed by atoms with Crippen molar-refractivity contribution in [3.63, 3.8) is 0 Å². The van der Waals surface area contributed by atoms with E-state index in [-0.39, 0.29) is 29.7 Å². The largest absolute Gasteiger partial charge is 0.284 e. The van der Waals surface area contributed by atoms with E-state index in [2.05, 4.69) is 10.3 Å². The summed E-state index contributed by atoms with van der Waals surface area (Å²) in [4.78, 5) is 26.0. The van der Waals surface area contributed by atoms with Crippen LogP contribution in [0.2, 0.25) is 0 Å². The average Bonchev–Trinajstić information content (AvgIpc) is 3.26. The third-order valence-corrected chi connectivity index (χ3v) is 6.09. The first kappa shape index (κ1) is 18.1. The molecule has 9 heteroatoms. The van der Waals surface area contributed by atoms with Gasteiger partial charge in [0.15, 0.2) is 0 Å². The van der Waals surface area contributed by atoms with Gasteiger partial charge in [-0.15, -0.1) is 9.19 Å². The number of hydrogen-bond acceptors (Lipinski definition) is 6. The Morgan fingerprint density at radius 1 is 0.929 bits per heavy atom. The van der Waals surface area contributed by atoms with E-state index in [0.29, 0.717) is 16.8 Å². The van der Waals surface area contributed by atoms with Crippen molar-refractivity contribution in [2.45, 2.75) is 18.2 Å². The van der Waals surface area contributed by atoms with Gasteiger partial charge in [-0.05, 0) is 31.2 Å². The Morgan fingerprint density at radius 2 is 1.54 bits per heavy atom. The fraction of sp³-hybridized carbons (Fsp3) is 0.158. The molecule has 0 radical (unpaired) electrons. The molecule has 0 bridgehead atoms. The van der Waals surface area contributed by atoms with Crippen LogP contribution < -0.4 is 0 Å². The molecule has 0 atom stereocenters. The van der Waals surface area contributed by atoms with Crippen LogP contribution in [0, 0.1) is 6.92 Å². The minimum atomic E-state index is -3.84. The predicted octanol–water partition coefficient (Wildman–Crippen LogP) is 1.66. The van der Waals surface area contributed by atoms with Crippen LogP contribution in [0.5, 0.6) is 0 Å². The smallest absolute Gasteiger partial charge is 0.274 e. The maximum absolute atomic E-state index is 12.6. The zero-order chi connectivity index (χ0) is 19.9. The Labute approximate surface area is 161 Å². The van der Waals surface area contributed by atoms with Crippen LogP contribution in [0.4, 0.5) is 0 Å². The number of aromatic nitrogens is 3. The number of fused-ring (bicyclic) bond motifs is 1. The third kappa shape index (κ3) is 2.99. The summed E-state index contributed by atoms with van der Waals surface area (Å²) < 4.78 is 26.0. The number of benzene rings is 2. The standard InChI is InChI=1S/C19H16N4O4S/c1-13-6-8-15(9-7-13)28(26,27)23-12-14(20-21-23)10-11-22-18(24)16-4-2-3-5-17(16)19(22)25/h2-9,12H,10-11H2,1H3. The highest BCUT2D eigenvalue weighted by molar-refractivity contribution is 7.89. The second-order valence-corrected chi connectivity index (χ2v) is 8.25. The van der Waals surface area contributed by atoms with Gasteiger partial charge in [0.1, 0.15) is 0 Å². The Hall–Kier alpha value is -3.33. The number of carbonyl (C=O) groups is 2. The lowest BCUT2D eigenvalue weighted by Crippen LogP contribution is -2.31. The third-order valence-electron chi connectivity index (χ3n) is 4.56. The van der Waals surface area contributed by atoms with E-state index in [1.54, 1.807) is 36.4 Å². The molecule has 1 aliphatic heterocycles. The van der Waals surface area contributed by atoms with E-state index < -0.39 is 10.0 Å². The van der Waals surface area contributed by atoms with Crippen LogP contribution in [0.3, 0.4) is 0 Å². The van der Waals surface area contributed by atoms with Crippen LogP contribution in [-0.4, -0.2) is 46.1 Å². The number of carbonyl (C=O) groups excluding carboxylic acids is 2. The minimum absolute atomic E-state index is 0.0929. The summed E-state index contributed by atoms with van der Waals surface area (Å²) >= 11 is 0. The molecule has 0 aliphatic carbocycles. The van der Waals surface area contributed by atoms with Crippen LogP contribution >= 0.6 is 0 Å². The molecule has 1 aromatic heterocycles. The van der Waals surface area contributed by atoms with Gasteiger partial charge in [-0.3, -0.25) is 14.5 Å². The maximum atomic E-state index is 12.6. The van der Waals surface area contributed by atoms with Crippen LogP contribution in [0.25, 0.3) is 0 Å². The molecule has 0 saturated carbocycles. The second kappa shape index (κ2) is 6.68. The number of aryl methyl sites for hydroxylation is 1. The monoisotopic (exact) mass is 396 g/mol. The first-order chi connectivity index (χ1) is 13.4. The summed E-state index contributed by atoms with van der Waals surface area (Å²) in [5, 5.41) is 7.57. The molecule has 2 heterocycles. The number of amides is 2. The van der Waals surface area contributed by atoms with Gasteiger partial charge in [0.25, 0.3) is 21.8 Å². The molecule has 0 unspecified atom stereocenters. The van der Waals surface area contributed by atoms with Crippen molar-refractivity contribution in [3.8, 4) is 0 Å². The first-order valence-electron chi connectivity index (χ1n) is 8.56. The Kier molecular flexibility index (Phi) is 4.31. The molecule has 2 aromatic carbocycles. The molecule has 3 aromatic rings. The molecule has 8 nitrogen and oxygen atoms in total. The van der Waals surface area contributed by atoms with Gasteiger partial charge < -0.3 is 0 Å². The van der Waals surface area contributed by atoms with E-state index in [1.165, 1.54) is 18.3 Å². The summed E-state index contributed by atoms with van der Waals surface area (Å²) in [6.07, 6.45) is 1.50. The summed E-state index contributed by atoms with van der Waals surface area (Å²) in [6, 6.07) is 13.0. The van der Waals surface area contributed by atoms with Gasteiger partial charge in [0, 0.05) is 13.0 Å². The highest BCUT2D eigenvalue weighted by atomic mass is 32.2. The molecule has 0 fully saturated rings. The number of imide groups is 1. The van der Waals surface area contributed by atoms with Crippen LogP contribution in [-0.2, 0) is 16.4 Å². The SMILES string of the molecule is Cc1ccc(S(=O)(=O)n2cc(CCN3C(=O)c4ccccc4C3=O)nn2)cc1. The molecule has 4 rings (SSSR count). The van der Waals surface area contributed by atoms with Crippen molar-refractivity contribution in [1.82, 2.24) is 19.3 Å². The molecule has 0 spiro atoms. The Balaban J connectivity index is 1.50. The normalized spacial score (nSPS) is 13.8. The van der Waals surface area contributed by atoms with Crippen LogP contribution in [0.1, 0.15) is 32.0 Å². The zero-order valence-corrected chi connectivity index (χ0v) is 15.8. The molecule has 0 saturated heterocycles. The highest BCUT2D eigenvalue weighted by Crippen LogP contribution is 2.22. The predicted molar refractivity (Wildman–Crippen MR) is 99.3 cm³/mol. The van der Waals surface area contributed by atoms with E-state index in [1.807, 2.05) is 6.92 Å². The zero-order valence-electron chi connectivity index (χ0n) is 14.9. The van der Waals surface area contributed by atoms with Crippen LogP contribution in [0.15, 0.2) is 59.6 Å². The van der Waals surface area contributed by atoms with Gasteiger partial charge in [-0.1, -0.05) is 35.0 Å². The summed E-state index contributed by atoms with van der Waals surface area (Å²) in [5.74, 6) is -0.722. The quantitative estimate of drug-likeness (QED) is 0.608. The lowest BCUT2D eigenvalue weighted by atomic mass is 10.1. The van der Waals surface area contributed by atoms with Crippen molar-refractivity contribution in [2.24, 2.45) is 0 Å². The fourth-order valence-corrected chi connectivity index (χ4v) is 4.09. The van der Waals surface area contributed by atoms with Crippen molar-refractivity contribution >= 4 is 21.8 Å². The van der Waals surface area contributed by atoms with Crippen molar-refractivity contribution in [3.05, 3.63) is 77.1 Å². The van der Waals surface area contributed by atoms with Gasteiger partial charge in [-0.2, -0.15) is 8.42 Å². The summed E-state index contributed by atoms with van der Waals surface area (Å²) in [7, 11) is -3.84. The highest BCUT2D eigenvalue weighted by Gasteiger charge is 2.34. The van der Waals surface area contributed by atoms with Gasteiger partial charge in [-0.25, -0.2) is 0 Å². The molecule has 1 aliphatic rings. The summed E-state index contributed by atoms with van der Waals surface area (Å²) in [6.45, 7) is 1.96. The van der Waals surface area contributed by atoms with Gasteiger partial charge in [0.05, 0.1) is 27.9 Å². The molecule has 0 N–H and O–H groups in total. The second-order valence-electron chi connectivity index (χ2n) is 6.46. The maximum Gasteiger partial charge on any atom is 0.284 e. The topological polar surface area (TPSA) is 102 Å². The molecule has 142 valence electrons. The molecular formula is C19H16N4O4S. The Bertz CT molecular complexity index is 1150. The van der Waals surface area contributed by atoms with E-state index >= 15 is 0 Å². The van der Waals surface area contributed by atoms with Crippen molar-refractivity contribution < 1.29 is 18.0 Å². The molecule has 28 heavy (non-hydrogen) atoms. The van der Waals surface area contributed by atoms with E-state index in [4.69, 9.17) is 0 Å². The molecule has 2 amide bonds. The lowest BCUT2D eigenvalue weighted by Gasteiger charge is -2.12. The number of rotatable bonds is 5. The van der Waals surface area contributed by atoms with Crippen molar-refractivity contribution in [2.75, 3.05) is 6.54 Å². The minimum Gasteiger partial charge on any atom is -0.274 e. The summed E-state index contributed by atoms with van der Waals surface area (Å²) in [5.41, 5.74) is 2.06. The Morgan fingerprint density at radius 3 is 2.14 bits per heavy atom. The molecular weight excluding hydrogens is 380 g/mol. The van der Waals surface area contributed by atoms with Crippen molar-refractivity contribution in [1.29, 1.82) is 0 Å². The van der Waals surface area contributed by atoms with E-state index in [0.717, 1.165) is 14.6 Å². The van der Waals surface area contributed by atoms with Gasteiger partial charge in [0.2, 0.25) is 0 Å². The van der Waals surface area contributed by atoms with Gasteiger partial charge >= 0.3 is 0 Å². The number of hydrogen-bond donors (Lipinski definition) is 0. The average molecular weight is 396 g/mol. The fourth-order valence-electron chi connectivity index (χ4n) is 3.00. The lowest BCUT2D eigenvalue weighted by molar-refractivity contribution is 0.0656. The number of nitrogens with zero attached hydrogens (tertiary/aromatic N) is 4. The first-order valence-corrected chi connectivity index (χ1v) is 10.0. The van der Waals surface area contributed by atoms with E-state index in [9.17, 15) is 18.0 Å².